The largest absolute Gasteiger partial charge is 0.448 e. The fourth-order valence-corrected chi connectivity index (χ4v) is 2.49. The van der Waals surface area contributed by atoms with E-state index in [1.807, 2.05) is 6.07 Å². The lowest BCUT2D eigenvalue weighted by Crippen LogP contribution is -2.53. The SMILES string of the molecule is CN(C)C(C(=O)c1ccccc1)C(C)(C)OC(=O)SN. The van der Waals surface area contributed by atoms with Crippen molar-refractivity contribution in [2.24, 2.45) is 5.14 Å². The molecule has 6 heteroatoms. The Balaban J connectivity index is 3.05. The summed E-state index contributed by atoms with van der Waals surface area (Å²) >= 11 is 0.497. The van der Waals surface area contributed by atoms with Crippen molar-refractivity contribution in [1.82, 2.24) is 4.90 Å². The first-order chi connectivity index (χ1) is 9.29. The van der Waals surface area contributed by atoms with Crippen LogP contribution in [-0.4, -0.2) is 41.7 Å². The van der Waals surface area contributed by atoms with Gasteiger partial charge in [-0.15, -0.1) is 0 Å². The molecular weight excluding hydrogens is 276 g/mol. The molecule has 1 rings (SSSR count). The van der Waals surface area contributed by atoms with Gasteiger partial charge in [0.25, 0.3) is 0 Å². The van der Waals surface area contributed by atoms with Crippen LogP contribution in [0.1, 0.15) is 24.2 Å². The van der Waals surface area contributed by atoms with Gasteiger partial charge in [-0.25, -0.2) is 4.79 Å². The average molecular weight is 296 g/mol. The van der Waals surface area contributed by atoms with Crippen molar-refractivity contribution in [2.75, 3.05) is 14.1 Å². The summed E-state index contributed by atoms with van der Waals surface area (Å²) in [5.74, 6) is -0.101. The van der Waals surface area contributed by atoms with Crippen molar-refractivity contribution in [3.63, 3.8) is 0 Å². The molecule has 5 nitrogen and oxygen atoms in total. The first-order valence-electron chi connectivity index (χ1n) is 6.15. The molecule has 1 unspecified atom stereocenters. The van der Waals surface area contributed by atoms with E-state index >= 15 is 0 Å². The highest BCUT2D eigenvalue weighted by atomic mass is 32.2. The number of nitrogens with zero attached hydrogens (tertiary/aromatic N) is 1. The summed E-state index contributed by atoms with van der Waals surface area (Å²) in [5.41, 5.74) is -0.407. The van der Waals surface area contributed by atoms with Crippen molar-refractivity contribution >= 4 is 23.0 Å². The molecule has 20 heavy (non-hydrogen) atoms. The fraction of sp³-hybridized carbons (Fsp3) is 0.429. The Labute approximate surface area is 123 Å². The summed E-state index contributed by atoms with van der Waals surface area (Å²) in [6.45, 7) is 3.40. The first kappa shape index (κ1) is 16.7. The average Bonchev–Trinajstić information content (AvgIpc) is 2.38. The highest BCUT2D eigenvalue weighted by Gasteiger charge is 2.40. The highest BCUT2D eigenvalue weighted by Crippen LogP contribution is 2.24. The normalized spacial score (nSPS) is 13.1. The molecule has 0 radical (unpaired) electrons. The summed E-state index contributed by atoms with van der Waals surface area (Å²) in [4.78, 5) is 25.8. The molecule has 1 aromatic carbocycles. The van der Waals surface area contributed by atoms with Gasteiger partial charge in [0.2, 0.25) is 0 Å². The van der Waals surface area contributed by atoms with E-state index in [-0.39, 0.29) is 5.78 Å². The molecule has 0 spiro atoms. The van der Waals surface area contributed by atoms with Gasteiger partial charge < -0.3 is 4.74 Å². The number of rotatable bonds is 5. The van der Waals surface area contributed by atoms with Gasteiger partial charge in [-0.1, -0.05) is 30.3 Å². The van der Waals surface area contributed by atoms with Crippen LogP contribution in [0.3, 0.4) is 0 Å². The molecule has 0 aliphatic rings. The van der Waals surface area contributed by atoms with Gasteiger partial charge in [-0.2, -0.15) is 0 Å². The Hall–Kier alpha value is -1.37. The molecule has 0 saturated carbocycles. The predicted molar refractivity (Wildman–Crippen MR) is 80.6 cm³/mol. The highest BCUT2D eigenvalue weighted by molar-refractivity contribution is 8.11. The van der Waals surface area contributed by atoms with E-state index < -0.39 is 16.9 Å². The Morgan fingerprint density at radius 2 is 1.80 bits per heavy atom. The van der Waals surface area contributed by atoms with E-state index in [0.717, 1.165) is 0 Å². The number of ketones is 1. The topological polar surface area (TPSA) is 72.6 Å². The molecule has 0 saturated heterocycles. The molecule has 1 atom stereocenters. The Morgan fingerprint density at radius 3 is 2.25 bits per heavy atom. The van der Waals surface area contributed by atoms with E-state index in [4.69, 9.17) is 9.88 Å². The molecule has 0 bridgehead atoms. The third-order valence-corrected chi connectivity index (χ3v) is 3.20. The van der Waals surface area contributed by atoms with Crippen molar-refractivity contribution in [1.29, 1.82) is 0 Å². The second-order valence-corrected chi connectivity index (χ2v) is 5.74. The second-order valence-electron chi connectivity index (χ2n) is 5.17. The number of likely N-dealkylation sites (N-methyl/N-ethyl adjacent to an activating group) is 1. The Bertz CT molecular complexity index is 475. The lowest BCUT2D eigenvalue weighted by atomic mass is 9.90. The summed E-state index contributed by atoms with van der Waals surface area (Å²) in [5, 5.41) is 4.58. The maximum Gasteiger partial charge on any atom is 0.382 e. The minimum Gasteiger partial charge on any atom is -0.448 e. The standard InChI is InChI=1S/C14H20N2O3S/c1-14(2,19-13(18)20-15)12(16(3)4)11(17)10-8-6-5-7-9-10/h5-9,12H,15H2,1-4H3. The number of ether oxygens (including phenoxy) is 1. The quantitative estimate of drug-likeness (QED) is 0.511. The van der Waals surface area contributed by atoms with E-state index in [1.165, 1.54) is 0 Å². The molecule has 0 fully saturated rings. The van der Waals surface area contributed by atoms with Crippen LogP contribution in [0.5, 0.6) is 0 Å². The molecule has 2 N–H and O–H groups in total. The van der Waals surface area contributed by atoms with Gasteiger partial charge in [-0.05, 0) is 27.9 Å². The first-order valence-corrected chi connectivity index (χ1v) is 7.03. The van der Waals surface area contributed by atoms with Crippen LogP contribution in [-0.2, 0) is 4.74 Å². The minimum absolute atomic E-state index is 0.101. The molecule has 0 aliphatic carbocycles. The molecule has 1 aromatic rings. The van der Waals surface area contributed by atoms with E-state index in [9.17, 15) is 9.59 Å². The zero-order valence-corrected chi connectivity index (χ0v) is 12.9. The molecule has 0 aliphatic heterocycles. The minimum atomic E-state index is -0.986. The molecule has 110 valence electrons. The number of hydrogen-bond acceptors (Lipinski definition) is 6. The second kappa shape index (κ2) is 6.88. The number of benzene rings is 1. The van der Waals surface area contributed by atoms with Crippen LogP contribution in [0.2, 0.25) is 0 Å². The smallest absolute Gasteiger partial charge is 0.382 e. The number of hydrogen-bond donors (Lipinski definition) is 1. The lowest BCUT2D eigenvalue weighted by molar-refractivity contribution is -0.000548. The summed E-state index contributed by atoms with van der Waals surface area (Å²) in [6.07, 6.45) is 0. The lowest BCUT2D eigenvalue weighted by Gasteiger charge is -2.36. The van der Waals surface area contributed by atoms with Crippen molar-refractivity contribution < 1.29 is 14.3 Å². The number of Topliss-reactive ketones (excluding diaryl/α,β-unsaturated/α-hetero) is 1. The third-order valence-electron chi connectivity index (χ3n) is 2.92. The van der Waals surface area contributed by atoms with Crippen LogP contribution < -0.4 is 5.14 Å². The number of carbonyl (C=O) groups excluding carboxylic acids is 2. The number of carbonyl (C=O) groups is 2. The predicted octanol–water partition coefficient (Wildman–Crippen LogP) is 2.32. The summed E-state index contributed by atoms with van der Waals surface area (Å²) < 4.78 is 5.29. The summed E-state index contributed by atoms with van der Waals surface area (Å²) in [6, 6.07) is 8.34. The summed E-state index contributed by atoms with van der Waals surface area (Å²) in [7, 11) is 3.55. The van der Waals surface area contributed by atoms with E-state index in [0.29, 0.717) is 17.5 Å². The van der Waals surface area contributed by atoms with Crippen molar-refractivity contribution in [3.8, 4) is 0 Å². The van der Waals surface area contributed by atoms with Crippen LogP contribution in [0.4, 0.5) is 4.79 Å². The van der Waals surface area contributed by atoms with Gasteiger partial charge in [0.1, 0.15) is 11.6 Å². The van der Waals surface area contributed by atoms with E-state index in [1.54, 1.807) is 57.1 Å². The van der Waals surface area contributed by atoms with Crippen LogP contribution >= 0.6 is 11.9 Å². The van der Waals surface area contributed by atoms with Gasteiger partial charge in [-0.3, -0.25) is 14.8 Å². The zero-order valence-electron chi connectivity index (χ0n) is 12.1. The van der Waals surface area contributed by atoms with Crippen LogP contribution in [0.15, 0.2) is 30.3 Å². The molecule has 0 heterocycles. The van der Waals surface area contributed by atoms with Gasteiger partial charge in [0, 0.05) is 17.5 Å². The monoisotopic (exact) mass is 296 g/mol. The zero-order chi connectivity index (χ0) is 15.3. The van der Waals surface area contributed by atoms with Crippen LogP contribution in [0.25, 0.3) is 0 Å². The van der Waals surface area contributed by atoms with Gasteiger partial charge in [0.15, 0.2) is 5.78 Å². The maximum atomic E-state index is 12.6. The Morgan fingerprint density at radius 1 is 1.25 bits per heavy atom. The maximum absolute atomic E-state index is 12.6. The van der Waals surface area contributed by atoms with Crippen molar-refractivity contribution in [3.05, 3.63) is 35.9 Å². The molecular formula is C14H20N2O3S. The van der Waals surface area contributed by atoms with Crippen LogP contribution in [0, 0.1) is 0 Å². The third kappa shape index (κ3) is 4.06. The van der Waals surface area contributed by atoms with Crippen molar-refractivity contribution in [2.45, 2.75) is 25.5 Å². The Kier molecular flexibility index (Phi) is 5.74. The fourth-order valence-electron chi connectivity index (χ4n) is 2.23. The molecule has 0 aromatic heterocycles. The van der Waals surface area contributed by atoms with Gasteiger partial charge in [0.05, 0.1) is 0 Å². The molecule has 0 amide bonds. The van der Waals surface area contributed by atoms with E-state index in [2.05, 4.69) is 0 Å². The number of nitrogens with two attached hydrogens (primary N) is 1. The van der Waals surface area contributed by atoms with Gasteiger partial charge >= 0.3 is 5.30 Å².